The van der Waals surface area contributed by atoms with E-state index in [-0.39, 0.29) is 5.91 Å². The van der Waals surface area contributed by atoms with Gasteiger partial charge in [-0.25, -0.2) is 5.43 Å². The van der Waals surface area contributed by atoms with Crippen LogP contribution in [-0.4, -0.2) is 42.6 Å². The maximum Gasteiger partial charge on any atom is 0.243 e. The fraction of sp³-hybridized carbons (Fsp3) is 0.875. The molecule has 5 heteroatoms. The number of hydrogen-bond donors (Lipinski definition) is 2. The topological polar surface area (TPSA) is 67.6 Å². The Balaban J connectivity index is 2.55. The lowest BCUT2D eigenvalue weighted by molar-refractivity contribution is -0.141. The first-order chi connectivity index (χ1) is 6.08. The fourth-order valence-corrected chi connectivity index (χ4v) is 1.22. The highest BCUT2D eigenvalue weighted by Gasteiger charge is 2.31. The van der Waals surface area contributed by atoms with Crippen molar-refractivity contribution >= 4 is 5.91 Å². The third-order valence-electron chi connectivity index (χ3n) is 2.19. The average molecular weight is 187 g/mol. The first-order valence-electron chi connectivity index (χ1n) is 4.43. The predicted octanol–water partition coefficient (Wildman–Crippen LogP) is -0.913. The number of rotatable bonds is 2. The number of ether oxygens (including phenoxy) is 1. The van der Waals surface area contributed by atoms with Crippen LogP contribution < -0.4 is 11.3 Å². The molecule has 0 aliphatic carbocycles. The van der Waals surface area contributed by atoms with Crippen molar-refractivity contribution in [3.63, 3.8) is 0 Å². The van der Waals surface area contributed by atoms with E-state index in [1.165, 1.54) is 0 Å². The van der Waals surface area contributed by atoms with Gasteiger partial charge in [-0.05, 0) is 13.8 Å². The third-order valence-corrected chi connectivity index (χ3v) is 2.19. The number of hydrogen-bond acceptors (Lipinski definition) is 4. The summed E-state index contributed by atoms with van der Waals surface area (Å²) in [5, 5.41) is 0. The summed E-state index contributed by atoms with van der Waals surface area (Å²) in [6.07, 6.45) is 0. The summed E-state index contributed by atoms with van der Waals surface area (Å²) < 4.78 is 5.15. The van der Waals surface area contributed by atoms with Crippen molar-refractivity contribution in [1.29, 1.82) is 0 Å². The van der Waals surface area contributed by atoms with E-state index in [0.29, 0.717) is 26.3 Å². The van der Waals surface area contributed by atoms with E-state index in [1.54, 1.807) is 18.7 Å². The molecule has 0 bridgehead atoms. The molecule has 1 aliphatic heterocycles. The van der Waals surface area contributed by atoms with Gasteiger partial charge in [0.1, 0.15) is 5.54 Å². The summed E-state index contributed by atoms with van der Waals surface area (Å²) in [7, 11) is 0. The van der Waals surface area contributed by atoms with E-state index in [1.807, 2.05) is 0 Å². The molecule has 1 rings (SSSR count). The number of nitrogens with one attached hydrogen (secondary N) is 1. The maximum atomic E-state index is 11.8. The first-order valence-corrected chi connectivity index (χ1v) is 4.43. The fourth-order valence-electron chi connectivity index (χ4n) is 1.22. The van der Waals surface area contributed by atoms with Gasteiger partial charge >= 0.3 is 0 Å². The first kappa shape index (κ1) is 10.4. The van der Waals surface area contributed by atoms with Crippen LogP contribution in [0.25, 0.3) is 0 Å². The highest BCUT2D eigenvalue weighted by atomic mass is 16.5. The summed E-state index contributed by atoms with van der Waals surface area (Å²) in [6.45, 7) is 6.09. The molecule has 76 valence electrons. The molecule has 3 N–H and O–H groups in total. The Hall–Kier alpha value is -0.650. The lowest BCUT2D eigenvalue weighted by Gasteiger charge is -2.33. The van der Waals surface area contributed by atoms with Gasteiger partial charge in [0.05, 0.1) is 13.2 Å². The Kier molecular flexibility index (Phi) is 3.24. The largest absolute Gasteiger partial charge is 0.378 e. The van der Waals surface area contributed by atoms with Crippen molar-refractivity contribution in [3.8, 4) is 0 Å². The third kappa shape index (κ3) is 2.40. The minimum atomic E-state index is -0.683. The Morgan fingerprint density at radius 2 is 2.00 bits per heavy atom. The number of carbonyl (C=O) groups excluding carboxylic acids is 1. The quantitative estimate of drug-likeness (QED) is 0.434. The van der Waals surface area contributed by atoms with Gasteiger partial charge in [-0.2, -0.15) is 0 Å². The van der Waals surface area contributed by atoms with Gasteiger partial charge in [0.25, 0.3) is 0 Å². The molecular weight excluding hydrogens is 170 g/mol. The predicted molar refractivity (Wildman–Crippen MR) is 48.8 cm³/mol. The van der Waals surface area contributed by atoms with Crippen LogP contribution in [0.15, 0.2) is 0 Å². The van der Waals surface area contributed by atoms with Crippen molar-refractivity contribution in [1.82, 2.24) is 10.3 Å². The molecule has 1 amide bonds. The van der Waals surface area contributed by atoms with Crippen molar-refractivity contribution in [2.24, 2.45) is 5.84 Å². The number of hydrazine groups is 1. The van der Waals surface area contributed by atoms with Gasteiger partial charge < -0.3 is 9.64 Å². The Morgan fingerprint density at radius 1 is 1.46 bits per heavy atom. The van der Waals surface area contributed by atoms with Crippen LogP contribution in [0.5, 0.6) is 0 Å². The van der Waals surface area contributed by atoms with E-state index < -0.39 is 5.54 Å². The minimum Gasteiger partial charge on any atom is -0.378 e. The van der Waals surface area contributed by atoms with Crippen LogP contribution in [0.4, 0.5) is 0 Å². The smallest absolute Gasteiger partial charge is 0.243 e. The monoisotopic (exact) mass is 187 g/mol. The molecule has 1 fully saturated rings. The highest BCUT2D eigenvalue weighted by molar-refractivity contribution is 5.85. The second kappa shape index (κ2) is 4.04. The molecule has 0 unspecified atom stereocenters. The van der Waals surface area contributed by atoms with Crippen molar-refractivity contribution < 1.29 is 9.53 Å². The van der Waals surface area contributed by atoms with Gasteiger partial charge in [-0.1, -0.05) is 0 Å². The molecule has 5 nitrogen and oxygen atoms in total. The van der Waals surface area contributed by atoms with Gasteiger partial charge in [0.15, 0.2) is 0 Å². The highest BCUT2D eigenvalue weighted by Crippen LogP contribution is 2.08. The lowest BCUT2D eigenvalue weighted by Crippen LogP contribution is -2.58. The van der Waals surface area contributed by atoms with Crippen molar-refractivity contribution in [2.75, 3.05) is 26.3 Å². The minimum absolute atomic E-state index is 0.0262. The molecule has 0 aromatic heterocycles. The van der Waals surface area contributed by atoms with E-state index in [0.717, 1.165) is 0 Å². The second-order valence-electron chi connectivity index (χ2n) is 3.67. The van der Waals surface area contributed by atoms with Crippen molar-refractivity contribution in [3.05, 3.63) is 0 Å². The summed E-state index contributed by atoms with van der Waals surface area (Å²) in [5.41, 5.74) is 1.82. The molecule has 0 aromatic carbocycles. The van der Waals surface area contributed by atoms with Crippen LogP contribution in [0.3, 0.4) is 0 Å². The standard InChI is InChI=1S/C8H17N3O2/c1-8(2,10-9)7(12)11-3-5-13-6-4-11/h10H,3-6,9H2,1-2H3. The van der Waals surface area contributed by atoms with Crippen LogP contribution in [0.2, 0.25) is 0 Å². The molecule has 0 atom stereocenters. The number of morpholine rings is 1. The lowest BCUT2D eigenvalue weighted by atomic mass is 10.0. The molecule has 0 radical (unpaired) electrons. The maximum absolute atomic E-state index is 11.8. The second-order valence-corrected chi connectivity index (χ2v) is 3.67. The number of nitrogens with zero attached hydrogens (tertiary/aromatic N) is 1. The summed E-state index contributed by atoms with van der Waals surface area (Å²) in [5.74, 6) is 5.31. The number of carbonyl (C=O) groups is 1. The van der Waals surface area contributed by atoms with E-state index >= 15 is 0 Å². The van der Waals surface area contributed by atoms with Crippen LogP contribution >= 0.6 is 0 Å². The van der Waals surface area contributed by atoms with Gasteiger partial charge in [-0.3, -0.25) is 10.6 Å². The Labute approximate surface area is 78.2 Å². The van der Waals surface area contributed by atoms with Gasteiger partial charge in [0, 0.05) is 13.1 Å². The Bertz CT molecular complexity index is 188. The van der Waals surface area contributed by atoms with Crippen molar-refractivity contribution in [2.45, 2.75) is 19.4 Å². The average Bonchev–Trinajstić information content (AvgIpc) is 2.18. The summed E-state index contributed by atoms with van der Waals surface area (Å²) in [6, 6.07) is 0. The molecule has 1 aliphatic rings. The summed E-state index contributed by atoms with van der Waals surface area (Å²) in [4.78, 5) is 13.5. The molecule has 0 saturated carbocycles. The van der Waals surface area contributed by atoms with E-state index in [2.05, 4.69) is 5.43 Å². The molecule has 13 heavy (non-hydrogen) atoms. The zero-order chi connectivity index (χ0) is 9.90. The summed E-state index contributed by atoms with van der Waals surface area (Å²) >= 11 is 0. The number of nitrogens with two attached hydrogens (primary N) is 1. The van der Waals surface area contributed by atoms with E-state index in [9.17, 15) is 4.79 Å². The van der Waals surface area contributed by atoms with Crippen LogP contribution in [0.1, 0.15) is 13.8 Å². The molecule has 1 heterocycles. The molecule has 1 saturated heterocycles. The molecule has 0 spiro atoms. The van der Waals surface area contributed by atoms with Gasteiger partial charge in [-0.15, -0.1) is 0 Å². The van der Waals surface area contributed by atoms with Crippen LogP contribution in [0, 0.1) is 0 Å². The van der Waals surface area contributed by atoms with Gasteiger partial charge in [0.2, 0.25) is 5.91 Å². The van der Waals surface area contributed by atoms with Crippen LogP contribution in [-0.2, 0) is 9.53 Å². The molecular formula is C8H17N3O2. The molecule has 0 aromatic rings. The Morgan fingerprint density at radius 3 is 2.46 bits per heavy atom. The normalized spacial score (nSPS) is 18.8. The number of amides is 1. The zero-order valence-corrected chi connectivity index (χ0v) is 8.17. The zero-order valence-electron chi connectivity index (χ0n) is 8.17. The van der Waals surface area contributed by atoms with E-state index in [4.69, 9.17) is 10.6 Å². The SMILES string of the molecule is CC(C)(NN)C(=O)N1CCOCC1.